The molecule has 0 spiro atoms. The van der Waals surface area contributed by atoms with Gasteiger partial charge in [-0.15, -0.1) is 0 Å². The molecule has 1 atom stereocenters. The molecule has 1 heterocycles. The number of hydrogen-bond donors (Lipinski definition) is 1. The number of nitrogens with one attached hydrogen (secondary N) is 1. The third-order valence-corrected chi connectivity index (χ3v) is 2.94. The molecule has 0 radical (unpaired) electrons. The van der Waals surface area contributed by atoms with Crippen molar-refractivity contribution in [1.29, 1.82) is 0 Å². The average Bonchev–Trinajstić information content (AvgIpc) is 2.88. The summed E-state index contributed by atoms with van der Waals surface area (Å²) in [4.78, 5) is 5.99. The monoisotopic (exact) mass is 278 g/mol. The predicted octanol–water partition coefficient (Wildman–Crippen LogP) is 2.00. The molecule has 0 fully saturated rings. The number of aromatic nitrogens is 2. The lowest BCUT2D eigenvalue weighted by molar-refractivity contribution is 0.358. The summed E-state index contributed by atoms with van der Waals surface area (Å²) in [6.45, 7) is 2.46. The largest absolute Gasteiger partial charge is 0.344 e. The fourth-order valence-corrected chi connectivity index (χ4v) is 1.83. The second-order valence-corrected chi connectivity index (χ2v) is 4.96. The predicted molar refractivity (Wildman–Crippen MR) is 75.0 cm³/mol. The molecule has 2 aromatic rings. The van der Waals surface area contributed by atoms with Gasteiger partial charge >= 0.3 is 0 Å². The first-order valence-corrected chi connectivity index (χ1v) is 6.53. The van der Waals surface area contributed by atoms with Crippen molar-refractivity contribution >= 4 is 5.95 Å². The first-order valence-electron chi connectivity index (χ1n) is 6.53. The van der Waals surface area contributed by atoms with Crippen LogP contribution in [0.25, 0.3) is 0 Å². The number of rotatable bonds is 6. The Balaban J connectivity index is 1.85. The third kappa shape index (κ3) is 3.77. The lowest BCUT2D eigenvalue weighted by atomic mass is 10.1. The highest BCUT2D eigenvalue weighted by Crippen LogP contribution is 2.10. The molecular formula is C14H19FN4O. The summed E-state index contributed by atoms with van der Waals surface area (Å²) in [6, 6.07) is 6.92. The molecule has 1 aromatic carbocycles. The standard InChI is InChI=1S/C14H19FN4O/c1-10(8-11-6-4-5-7-12(11)15)16-9-13-17-14(18-20-13)19(2)3/h4-7,10,16H,8-9H2,1-3H3/t10-/m0/s1. The topological polar surface area (TPSA) is 54.2 Å². The van der Waals surface area contributed by atoms with E-state index >= 15 is 0 Å². The second-order valence-electron chi connectivity index (χ2n) is 4.96. The molecule has 0 amide bonds. The highest BCUT2D eigenvalue weighted by molar-refractivity contribution is 5.23. The van der Waals surface area contributed by atoms with Crippen LogP contribution in [0, 0.1) is 5.82 Å². The third-order valence-electron chi connectivity index (χ3n) is 2.94. The Bertz CT molecular complexity index is 556. The fourth-order valence-electron chi connectivity index (χ4n) is 1.83. The lowest BCUT2D eigenvalue weighted by Crippen LogP contribution is -2.28. The summed E-state index contributed by atoms with van der Waals surface area (Å²) in [6.07, 6.45) is 0.612. The molecule has 0 saturated carbocycles. The molecule has 108 valence electrons. The highest BCUT2D eigenvalue weighted by Gasteiger charge is 2.11. The molecule has 0 aliphatic heterocycles. The zero-order chi connectivity index (χ0) is 14.5. The quantitative estimate of drug-likeness (QED) is 0.876. The number of halogens is 1. The van der Waals surface area contributed by atoms with E-state index in [1.807, 2.05) is 27.1 Å². The number of anilines is 1. The van der Waals surface area contributed by atoms with Crippen LogP contribution in [-0.4, -0.2) is 30.3 Å². The van der Waals surface area contributed by atoms with Crippen molar-refractivity contribution in [2.75, 3.05) is 19.0 Å². The molecule has 0 saturated heterocycles. The van der Waals surface area contributed by atoms with E-state index in [0.29, 0.717) is 30.4 Å². The Kier molecular flexibility index (Phi) is 4.68. The van der Waals surface area contributed by atoms with Gasteiger partial charge in [-0.05, 0) is 30.1 Å². The molecule has 5 nitrogen and oxygen atoms in total. The van der Waals surface area contributed by atoms with Crippen molar-refractivity contribution in [1.82, 2.24) is 15.5 Å². The Morgan fingerprint density at radius 2 is 2.10 bits per heavy atom. The van der Waals surface area contributed by atoms with E-state index in [1.54, 1.807) is 17.0 Å². The first-order chi connectivity index (χ1) is 9.56. The van der Waals surface area contributed by atoms with Gasteiger partial charge in [0, 0.05) is 20.1 Å². The minimum Gasteiger partial charge on any atom is -0.344 e. The molecule has 1 N–H and O–H groups in total. The van der Waals surface area contributed by atoms with Crippen LogP contribution in [0.4, 0.5) is 10.3 Å². The van der Waals surface area contributed by atoms with Gasteiger partial charge < -0.3 is 14.7 Å². The maximum atomic E-state index is 13.5. The maximum absolute atomic E-state index is 13.5. The van der Waals surface area contributed by atoms with E-state index in [1.165, 1.54) is 6.07 Å². The molecule has 0 aliphatic rings. The molecule has 0 aliphatic carbocycles. The van der Waals surface area contributed by atoms with Crippen molar-refractivity contribution in [2.45, 2.75) is 25.9 Å². The van der Waals surface area contributed by atoms with Crippen LogP contribution in [0.2, 0.25) is 0 Å². The van der Waals surface area contributed by atoms with Crippen molar-refractivity contribution in [3.05, 3.63) is 41.5 Å². The van der Waals surface area contributed by atoms with E-state index in [4.69, 9.17) is 4.52 Å². The van der Waals surface area contributed by atoms with Crippen molar-refractivity contribution in [2.24, 2.45) is 0 Å². The van der Waals surface area contributed by atoms with Crippen molar-refractivity contribution in [3.63, 3.8) is 0 Å². The van der Waals surface area contributed by atoms with Crippen molar-refractivity contribution < 1.29 is 8.91 Å². The van der Waals surface area contributed by atoms with Gasteiger partial charge in [-0.2, -0.15) is 4.98 Å². The zero-order valence-electron chi connectivity index (χ0n) is 11.9. The molecule has 6 heteroatoms. The second kappa shape index (κ2) is 6.47. The van der Waals surface area contributed by atoms with E-state index in [0.717, 1.165) is 0 Å². The molecule has 0 unspecified atom stereocenters. The Labute approximate surface area is 117 Å². The molecule has 1 aromatic heterocycles. The maximum Gasteiger partial charge on any atom is 0.265 e. The van der Waals surface area contributed by atoms with Gasteiger partial charge in [0.2, 0.25) is 5.89 Å². The van der Waals surface area contributed by atoms with Crippen molar-refractivity contribution in [3.8, 4) is 0 Å². The van der Waals surface area contributed by atoms with Crippen LogP contribution in [0.5, 0.6) is 0 Å². The smallest absolute Gasteiger partial charge is 0.265 e. The zero-order valence-corrected chi connectivity index (χ0v) is 11.9. The first kappa shape index (κ1) is 14.5. The van der Waals surface area contributed by atoms with Crippen LogP contribution in [0.3, 0.4) is 0 Å². The molecular weight excluding hydrogens is 259 g/mol. The van der Waals surface area contributed by atoms with Crippen LogP contribution in [0.15, 0.2) is 28.8 Å². The summed E-state index contributed by atoms with van der Waals surface area (Å²) in [5.74, 6) is 0.895. The SMILES string of the molecule is C[C@@H](Cc1ccccc1F)NCc1nc(N(C)C)no1. The highest BCUT2D eigenvalue weighted by atomic mass is 19.1. The van der Waals surface area contributed by atoms with Crippen LogP contribution in [0.1, 0.15) is 18.4 Å². The van der Waals surface area contributed by atoms with Gasteiger partial charge in [-0.3, -0.25) is 0 Å². The Morgan fingerprint density at radius 1 is 1.35 bits per heavy atom. The average molecular weight is 278 g/mol. The van der Waals surface area contributed by atoms with Gasteiger partial charge in [0.15, 0.2) is 0 Å². The van der Waals surface area contributed by atoms with Gasteiger partial charge in [-0.1, -0.05) is 18.2 Å². The van der Waals surface area contributed by atoms with E-state index in [9.17, 15) is 4.39 Å². The summed E-state index contributed by atoms with van der Waals surface area (Å²) in [7, 11) is 3.70. The lowest BCUT2D eigenvalue weighted by Gasteiger charge is -2.12. The van der Waals surface area contributed by atoms with Gasteiger partial charge in [0.1, 0.15) is 5.82 Å². The normalized spacial score (nSPS) is 12.4. The Hall–Kier alpha value is -1.95. The number of nitrogens with zero attached hydrogens (tertiary/aromatic N) is 3. The van der Waals surface area contributed by atoms with Crippen LogP contribution < -0.4 is 10.2 Å². The summed E-state index contributed by atoms with van der Waals surface area (Å²) < 4.78 is 18.6. The minimum atomic E-state index is -0.172. The summed E-state index contributed by atoms with van der Waals surface area (Å²) >= 11 is 0. The number of hydrogen-bond acceptors (Lipinski definition) is 5. The molecule has 20 heavy (non-hydrogen) atoms. The number of benzene rings is 1. The van der Waals surface area contributed by atoms with E-state index < -0.39 is 0 Å². The Morgan fingerprint density at radius 3 is 2.75 bits per heavy atom. The molecule has 0 bridgehead atoms. The summed E-state index contributed by atoms with van der Waals surface area (Å²) in [5.41, 5.74) is 0.701. The van der Waals surface area contributed by atoms with Crippen LogP contribution in [-0.2, 0) is 13.0 Å². The summed E-state index contributed by atoms with van der Waals surface area (Å²) in [5, 5.41) is 7.08. The fraction of sp³-hybridized carbons (Fsp3) is 0.429. The van der Waals surface area contributed by atoms with Gasteiger partial charge in [0.05, 0.1) is 6.54 Å². The molecule has 2 rings (SSSR count). The van der Waals surface area contributed by atoms with E-state index in [2.05, 4.69) is 15.5 Å². The van der Waals surface area contributed by atoms with E-state index in [-0.39, 0.29) is 11.9 Å². The van der Waals surface area contributed by atoms with Gasteiger partial charge in [0.25, 0.3) is 5.95 Å². The minimum absolute atomic E-state index is 0.113. The van der Waals surface area contributed by atoms with Gasteiger partial charge in [-0.25, -0.2) is 4.39 Å². The van der Waals surface area contributed by atoms with Crippen LogP contribution >= 0.6 is 0 Å².